The Morgan fingerprint density at radius 3 is 2.07 bits per heavy atom. The first kappa shape index (κ1) is 31.5. The van der Waals surface area contributed by atoms with Gasteiger partial charge in [0.25, 0.3) is 0 Å². The summed E-state index contributed by atoms with van der Waals surface area (Å²) in [6.07, 6.45) is 4.14. The molecule has 0 spiro atoms. The Hall–Kier alpha value is -2.93. The summed E-state index contributed by atoms with van der Waals surface area (Å²) in [7, 11) is 0. The van der Waals surface area contributed by atoms with E-state index in [1.807, 2.05) is 32.9 Å². The maximum absolute atomic E-state index is 14.3. The number of fused-ring (bicyclic) bond motifs is 3. The van der Waals surface area contributed by atoms with E-state index < -0.39 is 51.0 Å². The Morgan fingerprint density at radius 2 is 1.53 bits per heavy atom. The molecule has 4 aliphatic carbocycles. The third-order valence-corrected chi connectivity index (χ3v) is 11.1. The van der Waals surface area contributed by atoms with Gasteiger partial charge in [-0.25, -0.2) is 0 Å². The van der Waals surface area contributed by atoms with Crippen LogP contribution in [0.1, 0.15) is 109 Å². The van der Waals surface area contributed by atoms with Gasteiger partial charge in [-0.3, -0.25) is 14.4 Å². The fourth-order valence-electron chi connectivity index (χ4n) is 10.5. The van der Waals surface area contributed by atoms with Gasteiger partial charge in [0.2, 0.25) is 5.78 Å². The summed E-state index contributed by atoms with van der Waals surface area (Å²) in [6, 6.07) is 3.80. The van der Waals surface area contributed by atoms with Crippen molar-refractivity contribution in [2.75, 3.05) is 0 Å². The number of benzene rings is 1. The standard InChI is InChI=1S/C36H48O7/c1-18(2)25-28(39)23(19(3)37)30(41)36(43)31(42)26-29(40)24-22(15-34(26,8)17-35(25,36)9)11-10-21(27(24)38)12-20-13-32(4,5)16-33(6,7)14-20/h10-11,18,20,25,38-39,42-43H,12-17H2,1-9H3/t25?,34-,35-,36+/m1/s1. The molecule has 7 nitrogen and oxygen atoms in total. The molecule has 0 heterocycles. The monoisotopic (exact) mass is 592 g/mol. The van der Waals surface area contributed by atoms with Crippen LogP contribution in [0.5, 0.6) is 5.75 Å². The van der Waals surface area contributed by atoms with Crippen molar-refractivity contribution in [2.45, 2.75) is 106 Å². The van der Waals surface area contributed by atoms with E-state index in [0.29, 0.717) is 29.9 Å². The molecule has 1 saturated carbocycles. The topological polar surface area (TPSA) is 132 Å². The van der Waals surface area contributed by atoms with Gasteiger partial charge in [-0.1, -0.05) is 67.5 Å². The van der Waals surface area contributed by atoms with E-state index in [4.69, 9.17) is 0 Å². The van der Waals surface area contributed by atoms with Crippen molar-refractivity contribution < 1.29 is 34.8 Å². The highest BCUT2D eigenvalue weighted by molar-refractivity contribution is 6.25. The molecule has 4 atom stereocenters. The Morgan fingerprint density at radius 1 is 0.953 bits per heavy atom. The van der Waals surface area contributed by atoms with Crippen molar-refractivity contribution in [3.8, 4) is 5.75 Å². The summed E-state index contributed by atoms with van der Waals surface area (Å²) in [4.78, 5) is 40.8. The number of hydrogen-bond acceptors (Lipinski definition) is 7. The Kier molecular flexibility index (Phi) is 6.98. The van der Waals surface area contributed by atoms with E-state index in [2.05, 4.69) is 27.7 Å². The molecule has 4 N–H and O–H groups in total. The summed E-state index contributed by atoms with van der Waals surface area (Å²) < 4.78 is 0. The number of phenolic OH excluding ortho intramolecular Hbond substituents is 1. The lowest BCUT2D eigenvalue weighted by Gasteiger charge is -2.59. The number of hydrogen-bond donors (Lipinski definition) is 4. The van der Waals surface area contributed by atoms with E-state index >= 15 is 0 Å². The average molecular weight is 593 g/mol. The average Bonchev–Trinajstić information content (AvgIpc) is 2.80. The van der Waals surface area contributed by atoms with Crippen LogP contribution in [0.3, 0.4) is 0 Å². The minimum atomic E-state index is -2.59. The number of carbonyl (C=O) groups is 3. The largest absolute Gasteiger partial charge is 0.511 e. The van der Waals surface area contributed by atoms with Gasteiger partial charge >= 0.3 is 0 Å². The number of allylic oxidation sites excluding steroid dienone is 2. The van der Waals surface area contributed by atoms with Gasteiger partial charge in [0.1, 0.15) is 22.8 Å². The second-order valence-corrected chi connectivity index (χ2v) is 16.6. The molecule has 0 aliphatic heterocycles. The summed E-state index contributed by atoms with van der Waals surface area (Å²) in [5.41, 5.74) is -3.89. The summed E-state index contributed by atoms with van der Waals surface area (Å²) in [6.45, 7) is 17.4. The van der Waals surface area contributed by atoms with Crippen molar-refractivity contribution in [3.05, 3.63) is 51.5 Å². The van der Waals surface area contributed by atoms with E-state index in [-0.39, 0.29) is 45.8 Å². The highest BCUT2D eigenvalue weighted by Gasteiger charge is 2.71. The predicted octanol–water partition coefficient (Wildman–Crippen LogP) is 6.74. The number of aliphatic hydroxyl groups excluding tert-OH is 2. The third kappa shape index (κ3) is 4.43. The molecule has 0 amide bonds. The molecule has 5 rings (SSSR count). The Balaban J connectivity index is 1.64. The Labute approximate surface area is 255 Å². The van der Waals surface area contributed by atoms with Gasteiger partial charge in [0, 0.05) is 22.3 Å². The van der Waals surface area contributed by atoms with Crippen LogP contribution in [0.15, 0.2) is 34.8 Å². The van der Waals surface area contributed by atoms with Gasteiger partial charge < -0.3 is 20.4 Å². The first-order valence-corrected chi connectivity index (χ1v) is 15.6. The molecule has 43 heavy (non-hydrogen) atoms. The highest BCUT2D eigenvalue weighted by Crippen LogP contribution is 2.65. The maximum Gasteiger partial charge on any atom is 0.209 e. The number of Topliss-reactive ketones (excluding diaryl/α,β-unsaturated/α-hetero) is 3. The number of ketones is 3. The molecular weight excluding hydrogens is 544 g/mol. The normalized spacial score (nSPS) is 33.8. The number of carbonyl (C=O) groups excluding carboxylic acids is 3. The number of aliphatic hydroxyl groups is 3. The fraction of sp³-hybridized carbons (Fsp3) is 0.639. The first-order valence-electron chi connectivity index (χ1n) is 15.6. The SMILES string of the molecule is CC(=O)C1=C(O)C(C(C)C)[C@@]2(C)C[C@@]3(C)Cc4ccc(CC5CC(C)(C)CC(C)(C)C5)c(O)c4C(=O)C3=C(O)[C@@]2(O)C1=O. The molecule has 1 fully saturated rings. The molecule has 0 radical (unpaired) electrons. The lowest BCUT2D eigenvalue weighted by Crippen LogP contribution is -2.67. The zero-order chi connectivity index (χ0) is 32.2. The van der Waals surface area contributed by atoms with E-state index in [0.717, 1.165) is 26.2 Å². The number of aromatic hydroxyl groups is 1. The zero-order valence-electron chi connectivity index (χ0n) is 27.1. The molecular formula is C36H48O7. The smallest absolute Gasteiger partial charge is 0.209 e. The summed E-state index contributed by atoms with van der Waals surface area (Å²) in [5.74, 6) is -4.49. The van der Waals surface area contributed by atoms with Gasteiger partial charge in [0.05, 0.1) is 5.56 Å². The molecule has 7 heteroatoms. The van der Waals surface area contributed by atoms with Crippen LogP contribution >= 0.6 is 0 Å². The van der Waals surface area contributed by atoms with Crippen LogP contribution in [0.2, 0.25) is 0 Å². The van der Waals surface area contributed by atoms with Gasteiger partial charge in [-0.05, 0) is 79.2 Å². The maximum atomic E-state index is 14.3. The number of phenols is 1. The third-order valence-electron chi connectivity index (χ3n) is 11.1. The quantitative estimate of drug-likeness (QED) is 0.285. The van der Waals surface area contributed by atoms with Gasteiger partial charge in [-0.15, -0.1) is 0 Å². The first-order chi connectivity index (χ1) is 19.6. The van der Waals surface area contributed by atoms with E-state index in [1.54, 1.807) is 6.92 Å². The van der Waals surface area contributed by atoms with Crippen molar-refractivity contribution in [1.29, 1.82) is 0 Å². The molecule has 0 aromatic heterocycles. The van der Waals surface area contributed by atoms with Crippen molar-refractivity contribution in [2.24, 2.45) is 39.4 Å². The Bertz CT molecular complexity index is 1490. The fourth-order valence-corrected chi connectivity index (χ4v) is 10.5. The van der Waals surface area contributed by atoms with Crippen LogP contribution in [0, 0.1) is 39.4 Å². The molecule has 1 aromatic carbocycles. The second-order valence-electron chi connectivity index (χ2n) is 16.6. The van der Waals surface area contributed by atoms with Crippen LogP contribution in [-0.2, 0) is 22.4 Å². The highest BCUT2D eigenvalue weighted by atomic mass is 16.3. The molecule has 1 aromatic rings. The lowest BCUT2D eigenvalue weighted by molar-refractivity contribution is -0.171. The van der Waals surface area contributed by atoms with E-state index in [9.17, 15) is 34.8 Å². The summed E-state index contributed by atoms with van der Waals surface area (Å²) in [5, 5.41) is 46.9. The van der Waals surface area contributed by atoms with Gasteiger partial charge in [-0.2, -0.15) is 0 Å². The molecule has 4 aliphatic rings. The summed E-state index contributed by atoms with van der Waals surface area (Å²) >= 11 is 0. The molecule has 234 valence electrons. The predicted molar refractivity (Wildman–Crippen MR) is 164 cm³/mol. The molecule has 1 unspecified atom stereocenters. The zero-order valence-corrected chi connectivity index (χ0v) is 27.1. The van der Waals surface area contributed by atoms with Crippen molar-refractivity contribution >= 4 is 17.3 Å². The second kappa shape index (κ2) is 9.53. The molecule has 0 saturated heterocycles. The van der Waals surface area contributed by atoms with Crippen LogP contribution in [-0.4, -0.2) is 43.4 Å². The van der Waals surface area contributed by atoms with Crippen LogP contribution < -0.4 is 0 Å². The van der Waals surface area contributed by atoms with Gasteiger partial charge in [0.15, 0.2) is 17.2 Å². The van der Waals surface area contributed by atoms with Crippen LogP contribution in [0.25, 0.3) is 0 Å². The minimum Gasteiger partial charge on any atom is -0.511 e. The van der Waals surface area contributed by atoms with E-state index in [1.165, 1.54) is 0 Å². The molecule has 0 bridgehead atoms. The van der Waals surface area contributed by atoms with Crippen LogP contribution in [0.4, 0.5) is 0 Å². The van der Waals surface area contributed by atoms with Crippen molar-refractivity contribution in [1.82, 2.24) is 0 Å². The number of rotatable bonds is 4. The lowest BCUT2D eigenvalue weighted by atomic mass is 9.44. The van der Waals surface area contributed by atoms with Crippen molar-refractivity contribution in [3.63, 3.8) is 0 Å². The minimum absolute atomic E-state index is 0.0969.